The minimum absolute atomic E-state index is 0.529. The zero-order valence-corrected chi connectivity index (χ0v) is 7.78. The van der Waals surface area contributed by atoms with E-state index in [0.717, 1.165) is 4.47 Å². The van der Waals surface area contributed by atoms with Crippen molar-refractivity contribution in [2.24, 2.45) is 0 Å². The van der Waals surface area contributed by atoms with Crippen LogP contribution in [0, 0.1) is 0 Å². The number of rotatable bonds is 3. The molecular weight excluding hydrogens is 220 g/mol. The topological polar surface area (TPSA) is 37.3 Å². The fraction of sp³-hybridized carbons (Fsp3) is 0.222. The molecule has 3 heteroatoms. The largest absolute Gasteiger partial charge is 0.481 e. The number of aliphatic carboxylic acids is 1. The van der Waals surface area contributed by atoms with Crippen LogP contribution in [-0.4, -0.2) is 11.1 Å². The van der Waals surface area contributed by atoms with E-state index in [9.17, 15) is 4.79 Å². The van der Waals surface area contributed by atoms with E-state index in [4.69, 9.17) is 7.85 Å². The quantitative estimate of drug-likeness (QED) is 0.867. The van der Waals surface area contributed by atoms with E-state index in [0.29, 0.717) is 5.56 Å². The molecule has 0 aliphatic heterocycles. The minimum Gasteiger partial charge on any atom is -0.481 e. The molecule has 64 valence electrons. The Balaban J connectivity index is 2.89. The van der Waals surface area contributed by atoms with Crippen molar-refractivity contribution < 1.29 is 12.6 Å². The molecule has 1 N–H and O–H groups in total. The SMILES string of the molecule is [2H]C(C(=O)O)C([2H])c1cccc(Br)c1. The maximum absolute atomic E-state index is 10.5. The number of carboxylic acid groups (broad SMARTS) is 1. The number of carboxylic acids is 1. The summed E-state index contributed by atoms with van der Waals surface area (Å²) in [4.78, 5) is 10.5. The zero-order valence-electron chi connectivity index (χ0n) is 8.20. The molecule has 1 aromatic carbocycles. The summed E-state index contributed by atoms with van der Waals surface area (Å²) in [6, 6.07) is 6.81. The van der Waals surface area contributed by atoms with Gasteiger partial charge in [0, 0.05) is 13.6 Å². The summed E-state index contributed by atoms with van der Waals surface area (Å²) < 4.78 is 15.6. The number of aryl methyl sites for hydroxylation is 1. The Kier molecular flexibility index (Phi) is 2.36. The van der Waals surface area contributed by atoms with Crippen molar-refractivity contribution in [2.45, 2.75) is 12.8 Å². The number of hydrogen-bond donors (Lipinski definition) is 1. The van der Waals surface area contributed by atoms with Gasteiger partial charge in [0.25, 0.3) is 0 Å². The van der Waals surface area contributed by atoms with Gasteiger partial charge in [0.1, 0.15) is 0 Å². The summed E-state index contributed by atoms with van der Waals surface area (Å²) in [6.45, 7) is 0. The van der Waals surface area contributed by atoms with Gasteiger partial charge in [-0.05, 0) is 24.1 Å². The molecule has 2 unspecified atom stereocenters. The van der Waals surface area contributed by atoms with Crippen LogP contribution in [0.1, 0.15) is 14.7 Å². The van der Waals surface area contributed by atoms with Gasteiger partial charge in [0.05, 0.1) is 0 Å². The van der Waals surface area contributed by atoms with Crippen molar-refractivity contribution in [1.29, 1.82) is 0 Å². The van der Waals surface area contributed by atoms with Crippen LogP contribution in [0.4, 0.5) is 0 Å². The molecule has 0 fully saturated rings. The fourth-order valence-electron chi connectivity index (χ4n) is 0.778. The van der Waals surface area contributed by atoms with Crippen molar-refractivity contribution in [3.05, 3.63) is 34.3 Å². The van der Waals surface area contributed by atoms with Crippen LogP contribution in [-0.2, 0) is 11.2 Å². The first-order chi connectivity index (χ1) is 6.52. The van der Waals surface area contributed by atoms with Crippen molar-refractivity contribution in [3.8, 4) is 0 Å². The second-order valence-electron chi connectivity index (χ2n) is 2.23. The van der Waals surface area contributed by atoms with E-state index in [2.05, 4.69) is 15.9 Å². The van der Waals surface area contributed by atoms with Crippen LogP contribution >= 0.6 is 15.9 Å². The van der Waals surface area contributed by atoms with Gasteiger partial charge in [0.2, 0.25) is 0 Å². The van der Waals surface area contributed by atoms with Crippen LogP contribution in [0.15, 0.2) is 28.7 Å². The molecule has 2 nitrogen and oxygen atoms in total. The third kappa shape index (κ3) is 3.05. The van der Waals surface area contributed by atoms with E-state index in [1.807, 2.05) is 0 Å². The van der Waals surface area contributed by atoms with E-state index in [1.54, 1.807) is 24.3 Å². The smallest absolute Gasteiger partial charge is 0.303 e. The second kappa shape index (κ2) is 4.26. The third-order valence-electron chi connectivity index (χ3n) is 1.27. The molecule has 1 aromatic rings. The highest BCUT2D eigenvalue weighted by atomic mass is 79.9. The van der Waals surface area contributed by atoms with Gasteiger partial charge >= 0.3 is 5.97 Å². The predicted molar refractivity (Wildman–Crippen MR) is 50.1 cm³/mol. The zero-order chi connectivity index (χ0) is 10.7. The van der Waals surface area contributed by atoms with Crippen LogP contribution in [0.2, 0.25) is 0 Å². The molecule has 0 amide bonds. The maximum Gasteiger partial charge on any atom is 0.303 e. The minimum atomic E-state index is -1.44. The summed E-state index contributed by atoms with van der Waals surface area (Å²) in [7, 11) is 0. The number of halogens is 1. The summed E-state index contributed by atoms with van der Waals surface area (Å²) >= 11 is 3.22. The lowest BCUT2D eigenvalue weighted by atomic mass is 10.1. The fourth-order valence-corrected chi connectivity index (χ4v) is 1.19. The van der Waals surface area contributed by atoms with Gasteiger partial charge < -0.3 is 5.11 Å². The summed E-state index contributed by atoms with van der Waals surface area (Å²) in [5, 5.41) is 8.56. The van der Waals surface area contributed by atoms with Crippen molar-refractivity contribution >= 4 is 21.9 Å². The molecule has 0 spiro atoms. The Hall–Kier alpha value is -0.830. The van der Waals surface area contributed by atoms with E-state index >= 15 is 0 Å². The van der Waals surface area contributed by atoms with Gasteiger partial charge in [-0.1, -0.05) is 28.1 Å². The predicted octanol–water partition coefficient (Wildman–Crippen LogP) is 2.47. The molecule has 0 heterocycles. The monoisotopic (exact) mass is 230 g/mol. The highest BCUT2D eigenvalue weighted by Gasteiger charge is 1.98. The van der Waals surface area contributed by atoms with Gasteiger partial charge in [-0.25, -0.2) is 0 Å². The van der Waals surface area contributed by atoms with Crippen molar-refractivity contribution in [2.75, 3.05) is 0 Å². The number of carbonyl (C=O) groups is 1. The second-order valence-corrected chi connectivity index (χ2v) is 3.14. The van der Waals surface area contributed by atoms with Gasteiger partial charge in [-0.15, -0.1) is 0 Å². The average Bonchev–Trinajstić information content (AvgIpc) is 2.15. The highest BCUT2D eigenvalue weighted by molar-refractivity contribution is 9.10. The van der Waals surface area contributed by atoms with Crippen LogP contribution in [0.25, 0.3) is 0 Å². The van der Waals surface area contributed by atoms with Crippen LogP contribution < -0.4 is 0 Å². The summed E-state index contributed by atoms with van der Waals surface area (Å²) in [6.07, 6.45) is -2.49. The van der Waals surface area contributed by atoms with Gasteiger partial charge in [-0.2, -0.15) is 0 Å². The molecule has 0 aromatic heterocycles. The first-order valence-electron chi connectivity index (χ1n) is 4.50. The summed E-state index contributed by atoms with van der Waals surface area (Å²) in [5.41, 5.74) is 0.529. The lowest BCUT2D eigenvalue weighted by molar-refractivity contribution is -0.136. The third-order valence-corrected chi connectivity index (χ3v) is 1.76. The standard InChI is InChI=1S/C9H9BrO2/c10-8-3-1-2-7(6-8)4-5-9(11)12/h1-3,6H,4-5H2,(H,11,12)/i4D,5D. The van der Waals surface area contributed by atoms with Gasteiger partial charge in [-0.3, -0.25) is 4.79 Å². The molecule has 1 rings (SSSR count). The van der Waals surface area contributed by atoms with E-state index in [1.165, 1.54) is 0 Å². The lowest BCUT2D eigenvalue weighted by Crippen LogP contribution is -1.96. The normalized spacial score (nSPS) is 17.4. The molecular formula is C9H9BrO2. The Morgan fingerprint density at radius 2 is 2.42 bits per heavy atom. The Bertz CT molecular complexity index is 343. The van der Waals surface area contributed by atoms with E-state index in [-0.39, 0.29) is 0 Å². The molecule has 0 aliphatic carbocycles. The Morgan fingerprint density at radius 1 is 1.67 bits per heavy atom. The Labute approximate surface area is 82.2 Å². The van der Waals surface area contributed by atoms with E-state index < -0.39 is 18.8 Å². The molecule has 0 aliphatic rings. The van der Waals surface area contributed by atoms with Crippen molar-refractivity contribution in [3.63, 3.8) is 0 Å². The highest BCUT2D eigenvalue weighted by Crippen LogP contribution is 2.12. The number of hydrogen-bond acceptors (Lipinski definition) is 1. The molecule has 0 bridgehead atoms. The van der Waals surface area contributed by atoms with Crippen molar-refractivity contribution in [1.82, 2.24) is 0 Å². The number of benzene rings is 1. The van der Waals surface area contributed by atoms with Crippen LogP contribution in [0.5, 0.6) is 0 Å². The maximum atomic E-state index is 10.5. The molecule has 2 atom stereocenters. The Morgan fingerprint density at radius 3 is 3.00 bits per heavy atom. The first-order valence-corrected chi connectivity index (χ1v) is 4.14. The molecule has 12 heavy (non-hydrogen) atoms. The molecule has 0 radical (unpaired) electrons. The molecule has 0 saturated carbocycles. The lowest BCUT2D eigenvalue weighted by Gasteiger charge is -1.98. The first kappa shape index (κ1) is 6.66. The van der Waals surface area contributed by atoms with Gasteiger partial charge in [0.15, 0.2) is 0 Å². The van der Waals surface area contributed by atoms with Crippen LogP contribution in [0.3, 0.4) is 0 Å². The molecule has 0 saturated heterocycles. The summed E-state index contributed by atoms with van der Waals surface area (Å²) in [5.74, 6) is -1.27. The average molecular weight is 231 g/mol.